The van der Waals surface area contributed by atoms with Crippen molar-refractivity contribution in [1.29, 1.82) is 0 Å². The highest BCUT2D eigenvalue weighted by Gasteiger charge is 2.12. The number of carbonyl (C=O) groups is 1. The van der Waals surface area contributed by atoms with Crippen LogP contribution in [0.2, 0.25) is 0 Å². The quantitative estimate of drug-likeness (QED) is 0.0783. The Balaban J connectivity index is 4.28. The second kappa shape index (κ2) is 31.8. The fraction of sp³-hybridized carbons (Fsp3) is 0.620. The van der Waals surface area contributed by atoms with Crippen LogP contribution in [0, 0.1) is 5.92 Å². The fourth-order valence-corrected chi connectivity index (χ4v) is 6.15. The number of aliphatic hydroxyl groups is 1. The molecule has 294 valence electrons. The van der Waals surface area contributed by atoms with Gasteiger partial charge in [0.15, 0.2) is 0 Å². The molecule has 0 radical (unpaired) electrons. The summed E-state index contributed by atoms with van der Waals surface area (Å²) >= 11 is 0. The molecule has 0 aromatic heterocycles. The molecule has 0 rings (SSSR count). The van der Waals surface area contributed by atoms with Gasteiger partial charge in [-0.05, 0) is 178 Å². The van der Waals surface area contributed by atoms with Crippen molar-refractivity contribution in [3.8, 4) is 0 Å². The van der Waals surface area contributed by atoms with Crippen molar-refractivity contribution >= 4 is 5.78 Å². The number of ketones is 1. The SMILES string of the molecule is CC(C)=CCCC(C)=CCCC(C)=CCCC(C)=CCCC(C)C(=O)CCC(C)=CCCC(C)=CCCC(C)=CCCC(C)=CCCC(C)=CCO. The van der Waals surface area contributed by atoms with Gasteiger partial charge in [-0.1, -0.05) is 112 Å². The summed E-state index contributed by atoms with van der Waals surface area (Å²) in [4.78, 5) is 12.8. The first-order valence-electron chi connectivity index (χ1n) is 20.7. The maximum absolute atomic E-state index is 12.8. The third-order valence-corrected chi connectivity index (χ3v) is 10.1. The minimum Gasteiger partial charge on any atom is -0.392 e. The molecule has 2 nitrogen and oxygen atoms in total. The van der Waals surface area contributed by atoms with E-state index in [4.69, 9.17) is 5.11 Å². The Morgan fingerprint density at radius 3 is 0.962 bits per heavy atom. The summed E-state index contributed by atoms with van der Waals surface area (Å²) in [7, 11) is 0. The number of carbonyl (C=O) groups excluding carboxylic acids is 1. The van der Waals surface area contributed by atoms with Crippen LogP contribution >= 0.6 is 0 Å². The zero-order valence-corrected chi connectivity index (χ0v) is 36.1. The second-order valence-corrected chi connectivity index (χ2v) is 16.1. The molecule has 0 aromatic carbocycles. The Hall–Kier alpha value is -2.71. The summed E-state index contributed by atoms with van der Waals surface area (Å²) in [5.74, 6) is 0.543. The van der Waals surface area contributed by atoms with Crippen LogP contribution in [0.15, 0.2) is 105 Å². The average Bonchev–Trinajstić information content (AvgIpc) is 3.07. The van der Waals surface area contributed by atoms with Crippen LogP contribution in [0.1, 0.15) is 192 Å². The van der Waals surface area contributed by atoms with Crippen molar-refractivity contribution in [3.05, 3.63) is 105 Å². The van der Waals surface area contributed by atoms with E-state index < -0.39 is 0 Å². The summed E-state index contributed by atoms with van der Waals surface area (Å²) in [5, 5.41) is 8.98. The van der Waals surface area contributed by atoms with Crippen LogP contribution in [0.25, 0.3) is 0 Å². The van der Waals surface area contributed by atoms with Gasteiger partial charge in [0.2, 0.25) is 0 Å². The van der Waals surface area contributed by atoms with Gasteiger partial charge in [-0.15, -0.1) is 0 Å². The largest absolute Gasteiger partial charge is 0.392 e. The third-order valence-electron chi connectivity index (χ3n) is 10.1. The Kier molecular flexibility index (Phi) is 30.1. The molecule has 0 spiro atoms. The number of aliphatic hydroxyl groups excluding tert-OH is 1. The van der Waals surface area contributed by atoms with E-state index in [-0.39, 0.29) is 12.5 Å². The number of Topliss-reactive ketones (excluding diaryl/α,β-unsaturated/α-hetero) is 1. The van der Waals surface area contributed by atoms with Crippen LogP contribution < -0.4 is 0 Å². The van der Waals surface area contributed by atoms with Gasteiger partial charge in [0.25, 0.3) is 0 Å². The molecule has 0 aromatic rings. The molecule has 0 aliphatic carbocycles. The lowest BCUT2D eigenvalue weighted by Crippen LogP contribution is -2.10. The maximum atomic E-state index is 12.8. The van der Waals surface area contributed by atoms with E-state index in [1.54, 1.807) is 0 Å². The highest BCUT2D eigenvalue weighted by atomic mass is 16.2. The summed E-state index contributed by atoms with van der Waals surface area (Å²) < 4.78 is 0. The highest BCUT2D eigenvalue weighted by molar-refractivity contribution is 5.80. The molecule has 0 aliphatic rings. The number of hydrogen-bond donors (Lipinski definition) is 1. The predicted octanol–water partition coefficient (Wildman–Crippen LogP) is 15.7. The van der Waals surface area contributed by atoms with E-state index in [0.29, 0.717) is 12.2 Å². The zero-order chi connectivity index (χ0) is 39.1. The van der Waals surface area contributed by atoms with Crippen molar-refractivity contribution in [2.45, 2.75) is 192 Å². The first-order chi connectivity index (χ1) is 24.7. The molecule has 1 unspecified atom stereocenters. The van der Waals surface area contributed by atoms with Crippen molar-refractivity contribution in [1.82, 2.24) is 0 Å². The van der Waals surface area contributed by atoms with Crippen LogP contribution in [0.3, 0.4) is 0 Å². The predicted molar refractivity (Wildman–Crippen MR) is 234 cm³/mol. The minimum atomic E-state index is 0.135. The van der Waals surface area contributed by atoms with Gasteiger partial charge >= 0.3 is 0 Å². The van der Waals surface area contributed by atoms with Gasteiger partial charge in [-0.3, -0.25) is 4.79 Å². The van der Waals surface area contributed by atoms with Crippen molar-refractivity contribution in [2.75, 3.05) is 6.61 Å². The van der Waals surface area contributed by atoms with E-state index in [1.807, 2.05) is 6.08 Å². The normalized spacial score (nSPS) is 15.0. The molecule has 0 heterocycles. The molecule has 1 N–H and O–H groups in total. The van der Waals surface area contributed by atoms with E-state index in [9.17, 15) is 4.79 Å². The monoisotopic (exact) mass is 715 g/mol. The van der Waals surface area contributed by atoms with Crippen molar-refractivity contribution < 1.29 is 9.90 Å². The summed E-state index contributed by atoms with van der Waals surface area (Å²) in [6.07, 6.45) is 39.9. The van der Waals surface area contributed by atoms with E-state index in [2.05, 4.69) is 125 Å². The zero-order valence-electron chi connectivity index (χ0n) is 36.1. The Bertz CT molecular complexity index is 1280. The summed E-state index contributed by atoms with van der Waals surface area (Å²) in [5.41, 5.74) is 12.9. The van der Waals surface area contributed by atoms with Gasteiger partial charge in [0, 0.05) is 12.3 Å². The molecule has 0 fully saturated rings. The van der Waals surface area contributed by atoms with Gasteiger partial charge in [0.1, 0.15) is 5.78 Å². The maximum Gasteiger partial charge on any atom is 0.136 e. The first-order valence-corrected chi connectivity index (χ1v) is 20.7. The lowest BCUT2D eigenvalue weighted by molar-refractivity contribution is -0.122. The van der Waals surface area contributed by atoms with E-state index in [1.165, 1.54) is 56.6 Å². The molecule has 52 heavy (non-hydrogen) atoms. The molecule has 0 saturated heterocycles. The topological polar surface area (TPSA) is 37.3 Å². The van der Waals surface area contributed by atoms with Crippen LogP contribution in [-0.4, -0.2) is 17.5 Å². The summed E-state index contributed by atoms with van der Waals surface area (Å²) in [6.45, 7) is 24.4. The molecule has 0 saturated carbocycles. The van der Waals surface area contributed by atoms with E-state index in [0.717, 1.165) is 103 Å². The molecular weight excluding hydrogens is 633 g/mol. The molecule has 0 aliphatic heterocycles. The molecule has 1 atom stereocenters. The number of rotatable bonds is 29. The van der Waals surface area contributed by atoms with Crippen molar-refractivity contribution in [3.63, 3.8) is 0 Å². The van der Waals surface area contributed by atoms with Crippen LogP contribution in [-0.2, 0) is 4.79 Å². The van der Waals surface area contributed by atoms with Gasteiger partial charge in [0.05, 0.1) is 6.61 Å². The first kappa shape index (κ1) is 49.3. The van der Waals surface area contributed by atoms with Crippen LogP contribution in [0.4, 0.5) is 0 Å². The number of allylic oxidation sites excluding steroid dienone is 17. The molecular formula is C50H82O2. The van der Waals surface area contributed by atoms with Gasteiger partial charge < -0.3 is 5.11 Å². The second-order valence-electron chi connectivity index (χ2n) is 16.1. The Morgan fingerprint density at radius 1 is 0.385 bits per heavy atom. The molecule has 2 heteroatoms. The smallest absolute Gasteiger partial charge is 0.136 e. The van der Waals surface area contributed by atoms with Gasteiger partial charge in [-0.25, -0.2) is 0 Å². The molecule has 0 amide bonds. The minimum absolute atomic E-state index is 0.135. The average molecular weight is 715 g/mol. The van der Waals surface area contributed by atoms with Crippen molar-refractivity contribution in [2.24, 2.45) is 5.92 Å². The number of hydrogen-bond acceptors (Lipinski definition) is 2. The standard InChI is InChI=1S/C50H82O2/c1-40(2)20-12-21-41(3)22-13-23-42(4)28-16-29-46(8)34-19-35-49(11)50(52)37-36-47(9)32-17-30-44(6)26-14-24-43(5)25-15-27-45(7)31-18-33-48(10)38-39-51/h20,22,25-26,28,31-32,34,38,49,51H,12-19,21,23-24,27,29-30,33,35-37,39H2,1-11H3. The molecule has 0 bridgehead atoms. The van der Waals surface area contributed by atoms with Crippen LogP contribution in [0.5, 0.6) is 0 Å². The summed E-state index contributed by atoms with van der Waals surface area (Å²) in [6, 6.07) is 0. The van der Waals surface area contributed by atoms with Gasteiger partial charge in [-0.2, -0.15) is 0 Å². The lowest BCUT2D eigenvalue weighted by atomic mass is 9.94. The Morgan fingerprint density at radius 2 is 0.654 bits per heavy atom. The fourth-order valence-electron chi connectivity index (χ4n) is 6.15. The Labute approximate surface area is 323 Å². The third kappa shape index (κ3) is 30.9. The van der Waals surface area contributed by atoms with E-state index >= 15 is 0 Å². The lowest BCUT2D eigenvalue weighted by Gasteiger charge is -2.10. The highest BCUT2D eigenvalue weighted by Crippen LogP contribution is 2.19.